The largest absolute Gasteiger partial charge is 0.464 e. The van der Waals surface area contributed by atoms with Crippen molar-refractivity contribution in [2.75, 3.05) is 0 Å². The van der Waals surface area contributed by atoms with Crippen molar-refractivity contribution in [1.82, 2.24) is 0 Å². The highest BCUT2D eigenvalue weighted by molar-refractivity contribution is 5.74. The Labute approximate surface area is 128 Å². The molecule has 3 nitrogen and oxygen atoms in total. The second-order valence-corrected chi connectivity index (χ2v) is 4.98. The molecule has 23 heavy (non-hydrogen) atoms. The normalized spacial score (nSPS) is 12.8. The lowest BCUT2D eigenvalue weighted by Gasteiger charge is -2.23. The molecule has 3 aromatic rings. The highest BCUT2D eigenvalue weighted by Gasteiger charge is 2.35. The van der Waals surface area contributed by atoms with Crippen LogP contribution in [0.4, 0.5) is 13.2 Å². The Morgan fingerprint density at radius 3 is 2.17 bits per heavy atom. The first kappa shape index (κ1) is 13.8. The van der Waals surface area contributed by atoms with Gasteiger partial charge in [0.25, 0.3) is 0 Å². The molecule has 0 aliphatic carbocycles. The number of hydrogen-bond donors (Lipinski definition) is 0. The van der Waals surface area contributed by atoms with Gasteiger partial charge in [0.15, 0.2) is 23.0 Å². The highest BCUT2D eigenvalue weighted by atomic mass is 19.4. The lowest BCUT2D eigenvalue weighted by atomic mass is 10.1. The minimum Gasteiger partial charge on any atom is -0.464 e. The van der Waals surface area contributed by atoms with Gasteiger partial charge in [-0.15, -0.1) is 0 Å². The predicted molar refractivity (Wildman–Crippen MR) is 75.7 cm³/mol. The molecule has 0 saturated heterocycles. The third kappa shape index (κ3) is 2.32. The van der Waals surface area contributed by atoms with E-state index in [1.807, 2.05) is 0 Å². The van der Waals surface area contributed by atoms with E-state index in [1.54, 1.807) is 36.4 Å². The average Bonchev–Trinajstić information content (AvgIpc) is 3.05. The van der Waals surface area contributed by atoms with Gasteiger partial charge in [-0.1, -0.05) is 12.1 Å². The van der Waals surface area contributed by atoms with Crippen molar-refractivity contribution in [2.45, 2.75) is 6.18 Å². The van der Waals surface area contributed by atoms with Crippen molar-refractivity contribution in [3.05, 3.63) is 60.4 Å². The summed E-state index contributed by atoms with van der Waals surface area (Å²) in [7, 11) is 0. The second-order valence-electron chi connectivity index (χ2n) is 4.98. The molecule has 0 radical (unpaired) electrons. The molecule has 2 aromatic carbocycles. The summed E-state index contributed by atoms with van der Waals surface area (Å²) >= 11 is 0. The van der Waals surface area contributed by atoms with E-state index in [2.05, 4.69) is 0 Å². The van der Waals surface area contributed by atoms with Crippen LogP contribution in [0.25, 0.3) is 11.3 Å². The highest BCUT2D eigenvalue weighted by Crippen LogP contribution is 2.51. The number of alkyl halides is 3. The standard InChI is InChI=1S/C17H9F3O3/c18-17(19,20)10-8-11(12-6-3-7-21-12)16-15(9-10)22-13-4-1-2-5-14(13)23-16/h1-9H. The van der Waals surface area contributed by atoms with Crippen LogP contribution in [0.3, 0.4) is 0 Å². The molecular formula is C17H9F3O3. The first-order valence-electron chi connectivity index (χ1n) is 6.76. The fourth-order valence-electron chi connectivity index (χ4n) is 2.41. The summed E-state index contributed by atoms with van der Waals surface area (Å²) in [6.45, 7) is 0. The molecule has 0 fully saturated rings. The summed E-state index contributed by atoms with van der Waals surface area (Å²) in [6.07, 6.45) is -3.11. The third-order valence-corrected chi connectivity index (χ3v) is 3.45. The maximum atomic E-state index is 13.1. The van der Waals surface area contributed by atoms with Gasteiger partial charge in [0.2, 0.25) is 0 Å². The van der Waals surface area contributed by atoms with E-state index in [0.29, 0.717) is 11.5 Å². The number of halogens is 3. The summed E-state index contributed by atoms with van der Waals surface area (Å²) in [5, 5.41) is 0. The molecule has 0 N–H and O–H groups in total. The Bertz CT molecular complexity index is 867. The van der Waals surface area contributed by atoms with Gasteiger partial charge < -0.3 is 13.9 Å². The van der Waals surface area contributed by atoms with Crippen LogP contribution in [0, 0.1) is 0 Å². The van der Waals surface area contributed by atoms with E-state index in [1.165, 1.54) is 6.26 Å². The van der Waals surface area contributed by atoms with Crippen molar-refractivity contribution in [2.24, 2.45) is 0 Å². The van der Waals surface area contributed by atoms with Gasteiger partial charge in [0, 0.05) is 0 Å². The van der Waals surface area contributed by atoms with E-state index in [-0.39, 0.29) is 22.8 Å². The fraction of sp³-hybridized carbons (Fsp3) is 0.0588. The van der Waals surface area contributed by atoms with Crippen LogP contribution in [-0.2, 0) is 6.18 Å². The van der Waals surface area contributed by atoms with E-state index in [0.717, 1.165) is 12.1 Å². The van der Waals surface area contributed by atoms with Crippen LogP contribution in [0.15, 0.2) is 59.2 Å². The molecule has 4 rings (SSSR count). The molecule has 2 heterocycles. The predicted octanol–water partition coefficient (Wildman–Crippen LogP) is 5.86. The molecule has 1 aromatic heterocycles. The zero-order valence-corrected chi connectivity index (χ0v) is 11.6. The van der Waals surface area contributed by atoms with Crippen LogP contribution in [-0.4, -0.2) is 0 Å². The molecular weight excluding hydrogens is 309 g/mol. The monoisotopic (exact) mass is 318 g/mol. The SMILES string of the molecule is FC(F)(F)c1cc2c(c(-c3ccco3)c1)Oc1ccccc1O2. The second kappa shape index (κ2) is 4.81. The maximum absolute atomic E-state index is 13.1. The van der Waals surface area contributed by atoms with Crippen molar-refractivity contribution >= 4 is 0 Å². The summed E-state index contributed by atoms with van der Waals surface area (Å²) in [5.41, 5.74) is -0.639. The number of fused-ring (bicyclic) bond motifs is 2. The minimum atomic E-state index is -4.50. The molecule has 6 heteroatoms. The molecule has 0 amide bonds. The van der Waals surface area contributed by atoms with Crippen LogP contribution >= 0.6 is 0 Å². The van der Waals surface area contributed by atoms with E-state index in [9.17, 15) is 13.2 Å². The summed E-state index contributed by atoms with van der Waals surface area (Å²) < 4.78 is 56.0. The average molecular weight is 318 g/mol. The summed E-state index contributed by atoms with van der Waals surface area (Å²) in [5.74, 6) is 1.28. The quantitative estimate of drug-likeness (QED) is 0.440. The molecule has 1 aliphatic rings. The number of furan rings is 1. The maximum Gasteiger partial charge on any atom is 0.416 e. The first-order valence-corrected chi connectivity index (χ1v) is 6.76. The smallest absolute Gasteiger partial charge is 0.416 e. The first-order chi connectivity index (χ1) is 11.0. The Hall–Kier alpha value is -2.89. The van der Waals surface area contributed by atoms with Crippen LogP contribution in [0.2, 0.25) is 0 Å². The van der Waals surface area contributed by atoms with Gasteiger partial charge in [-0.05, 0) is 36.4 Å². The van der Waals surface area contributed by atoms with Crippen molar-refractivity contribution < 1.29 is 27.1 Å². The van der Waals surface area contributed by atoms with Gasteiger partial charge in [-0.3, -0.25) is 0 Å². The number of para-hydroxylation sites is 2. The van der Waals surface area contributed by atoms with Gasteiger partial charge in [-0.2, -0.15) is 13.2 Å². The fourth-order valence-corrected chi connectivity index (χ4v) is 2.41. The number of hydrogen-bond acceptors (Lipinski definition) is 3. The van der Waals surface area contributed by atoms with Crippen molar-refractivity contribution in [3.8, 4) is 34.3 Å². The van der Waals surface area contributed by atoms with Gasteiger partial charge in [-0.25, -0.2) is 0 Å². The van der Waals surface area contributed by atoms with Gasteiger partial charge in [0.05, 0.1) is 17.4 Å². The Kier molecular flexibility index (Phi) is 2.87. The zero-order valence-electron chi connectivity index (χ0n) is 11.6. The van der Waals surface area contributed by atoms with E-state index >= 15 is 0 Å². The molecule has 116 valence electrons. The van der Waals surface area contributed by atoms with Crippen LogP contribution in [0.5, 0.6) is 23.0 Å². The molecule has 0 saturated carbocycles. The summed E-state index contributed by atoms with van der Waals surface area (Å²) in [6, 6.07) is 11.9. The van der Waals surface area contributed by atoms with Crippen LogP contribution < -0.4 is 9.47 Å². The lowest BCUT2D eigenvalue weighted by molar-refractivity contribution is -0.137. The van der Waals surface area contributed by atoms with Gasteiger partial charge in [0.1, 0.15) is 5.76 Å². The topological polar surface area (TPSA) is 31.6 Å². The van der Waals surface area contributed by atoms with Crippen molar-refractivity contribution in [1.29, 1.82) is 0 Å². The van der Waals surface area contributed by atoms with E-state index < -0.39 is 11.7 Å². The molecule has 0 bridgehead atoms. The Morgan fingerprint density at radius 2 is 1.52 bits per heavy atom. The van der Waals surface area contributed by atoms with E-state index in [4.69, 9.17) is 13.9 Å². The molecule has 0 spiro atoms. The number of rotatable bonds is 1. The van der Waals surface area contributed by atoms with Crippen molar-refractivity contribution in [3.63, 3.8) is 0 Å². The Morgan fingerprint density at radius 1 is 0.783 bits per heavy atom. The number of ether oxygens (including phenoxy) is 2. The van der Waals surface area contributed by atoms with Gasteiger partial charge >= 0.3 is 6.18 Å². The molecule has 1 aliphatic heterocycles. The summed E-state index contributed by atoms with van der Waals surface area (Å²) in [4.78, 5) is 0. The zero-order chi connectivity index (χ0) is 16.0. The lowest BCUT2D eigenvalue weighted by Crippen LogP contribution is -2.08. The molecule has 0 unspecified atom stereocenters. The molecule has 0 atom stereocenters. The minimum absolute atomic E-state index is 0.00456. The Balaban J connectivity index is 1.93. The van der Waals surface area contributed by atoms with Crippen LogP contribution in [0.1, 0.15) is 5.56 Å². The third-order valence-electron chi connectivity index (χ3n) is 3.45. The number of benzene rings is 2.